The first-order valence-electron chi connectivity index (χ1n) is 7.76. The van der Waals surface area contributed by atoms with Gasteiger partial charge in [0.25, 0.3) is 5.91 Å². The minimum Gasteiger partial charge on any atom is -0.469 e. The molecule has 4 heteroatoms. The van der Waals surface area contributed by atoms with Crippen LogP contribution in [0.3, 0.4) is 0 Å². The lowest BCUT2D eigenvalue weighted by Crippen LogP contribution is -2.34. The topological polar surface area (TPSA) is 46.6 Å². The second kappa shape index (κ2) is 7.97. The molecule has 0 atom stereocenters. The van der Waals surface area contributed by atoms with Crippen LogP contribution in [0.4, 0.5) is 0 Å². The standard InChI is InChI=1S/C18H27NO3/c1-6-12-19(13-11-16(20)22-5)17(21)14-7-9-15(10-8-14)18(2,3)4/h7-10H,6,11-13H2,1-5H3. The van der Waals surface area contributed by atoms with Crippen molar-refractivity contribution in [3.63, 3.8) is 0 Å². The fourth-order valence-electron chi connectivity index (χ4n) is 2.21. The summed E-state index contributed by atoms with van der Waals surface area (Å²) in [5, 5.41) is 0. The van der Waals surface area contributed by atoms with Crippen LogP contribution in [-0.2, 0) is 14.9 Å². The molecule has 0 bridgehead atoms. The molecule has 1 aromatic carbocycles. The number of carbonyl (C=O) groups is 2. The summed E-state index contributed by atoms with van der Waals surface area (Å²) in [5.41, 5.74) is 1.92. The Morgan fingerprint density at radius 2 is 1.68 bits per heavy atom. The van der Waals surface area contributed by atoms with E-state index >= 15 is 0 Å². The van der Waals surface area contributed by atoms with Gasteiger partial charge in [0.05, 0.1) is 13.5 Å². The molecule has 0 fully saturated rings. The van der Waals surface area contributed by atoms with Gasteiger partial charge in [0.1, 0.15) is 0 Å². The zero-order chi connectivity index (χ0) is 16.8. The van der Waals surface area contributed by atoms with Gasteiger partial charge in [0.15, 0.2) is 0 Å². The van der Waals surface area contributed by atoms with Gasteiger partial charge >= 0.3 is 5.97 Å². The predicted octanol–water partition coefficient (Wildman–Crippen LogP) is 3.40. The van der Waals surface area contributed by atoms with Gasteiger partial charge in [0, 0.05) is 18.7 Å². The van der Waals surface area contributed by atoms with Gasteiger partial charge in [-0.1, -0.05) is 39.8 Å². The molecule has 22 heavy (non-hydrogen) atoms. The maximum Gasteiger partial charge on any atom is 0.307 e. The Bertz CT molecular complexity index is 500. The number of hydrogen-bond acceptors (Lipinski definition) is 3. The number of hydrogen-bond donors (Lipinski definition) is 0. The zero-order valence-electron chi connectivity index (χ0n) is 14.3. The molecule has 0 saturated carbocycles. The molecule has 0 heterocycles. The number of esters is 1. The van der Waals surface area contributed by atoms with E-state index in [2.05, 4.69) is 25.5 Å². The SMILES string of the molecule is CCCN(CCC(=O)OC)C(=O)c1ccc(C(C)(C)C)cc1. The van der Waals surface area contributed by atoms with Gasteiger partial charge in [-0.3, -0.25) is 9.59 Å². The van der Waals surface area contributed by atoms with Crippen LogP contribution in [-0.4, -0.2) is 37.0 Å². The molecule has 0 aliphatic rings. The monoisotopic (exact) mass is 305 g/mol. The molecule has 122 valence electrons. The van der Waals surface area contributed by atoms with Gasteiger partial charge in [-0.25, -0.2) is 0 Å². The smallest absolute Gasteiger partial charge is 0.307 e. The van der Waals surface area contributed by atoms with Crippen molar-refractivity contribution >= 4 is 11.9 Å². The summed E-state index contributed by atoms with van der Waals surface area (Å²) in [6, 6.07) is 7.72. The van der Waals surface area contributed by atoms with Gasteiger partial charge < -0.3 is 9.64 Å². The maximum absolute atomic E-state index is 12.6. The second-order valence-corrected chi connectivity index (χ2v) is 6.45. The lowest BCUT2D eigenvalue weighted by Gasteiger charge is -2.23. The van der Waals surface area contributed by atoms with E-state index in [0.29, 0.717) is 18.7 Å². The Labute approximate surface area is 133 Å². The van der Waals surface area contributed by atoms with E-state index in [1.807, 2.05) is 31.2 Å². The van der Waals surface area contributed by atoms with Crippen LogP contribution in [0.2, 0.25) is 0 Å². The molecular weight excluding hydrogens is 278 g/mol. The minimum absolute atomic E-state index is 0.0359. The van der Waals surface area contributed by atoms with E-state index in [1.54, 1.807) is 4.90 Å². The lowest BCUT2D eigenvalue weighted by atomic mass is 9.86. The Hall–Kier alpha value is -1.84. The first-order valence-corrected chi connectivity index (χ1v) is 7.76. The lowest BCUT2D eigenvalue weighted by molar-refractivity contribution is -0.140. The van der Waals surface area contributed by atoms with Crippen LogP contribution in [0.1, 0.15) is 56.5 Å². The third-order valence-electron chi connectivity index (χ3n) is 3.59. The maximum atomic E-state index is 12.6. The molecule has 0 saturated heterocycles. The fraction of sp³-hybridized carbons (Fsp3) is 0.556. The summed E-state index contributed by atoms with van der Waals surface area (Å²) in [4.78, 5) is 25.6. The number of benzene rings is 1. The van der Waals surface area contributed by atoms with Crippen molar-refractivity contribution in [2.75, 3.05) is 20.2 Å². The molecule has 0 aliphatic carbocycles. The van der Waals surface area contributed by atoms with Crippen LogP contribution >= 0.6 is 0 Å². The highest BCUT2D eigenvalue weighted by atomic mass is 16.5. The van der Waals surface area contributed by atoms with Gasteiger partial charge in [-0.2, -0.15) is 0 Å². The van der Waals surface area contributed by atoms with Crippen molar-refractivity contribution in [2.45, 2.75) is 46.0 Å². The molecule has 0 N–H and O–H groups in total. The number of methoxy groups -OCH3 is 1. The summed E-state index contributed by atoms with van der Waals surface area (Å²) >= 11 is 0. The van der Waals surface area contributed by atoms with E-state index in [-0.39, 0.29) is 23.7 Å². The van der Waals surface area contributed by atoms with E-state index < -0.39 is 0 Å². The van der Waals surface area contributed by atoms with Crippen molar-refractivity contribution in [1.29, 1.82) is 0 Å². The predicted molar refractivity (Wildman–Crippen MR) is 88.0 cm³/mol. The molecule has 1 rings (SSSR count). The van der Waals surface area contributed by atoms with Gasteiger partial charge in [-0.05, 0) is 29.5 Å². The second-order valence-electron chi connectivity index (χ2n) is 6.45. The summed E-state index contributed by atoms with van der Waals surface area (Å²) in [6.45, 7) is 9.47. The van der Waals surface area contributed by atoms with Crippen molar-refractivity contribution in [3.05, 3.63) is 35.4 Å². The number of rotatable bonds is 6. The van der Waals surface area contributed by atoms with Gasteiger partial charge in [-0.15, -0.1) is 0 Å². The van der Waals surface area contributed by atoms with Crippen LogP contribution in [0.5, 0.6) is 0 Å². The number of nitrogens with zero attached hydrogens (tertiary/aromatic N) is 1. The molecule has 0 radical (unpaired) electrons. The molecule has 0 aliphatic heterocycles. The first kappa shape index (κ1) is 18.2. The summed E-state index contributed by atoms with van der Waals surface area (Å²) in [7, 11) is 1.36. The highest BCUT2D eigenvalue weighted by Gasteiger charge is 2.18. The first-order chi connectivity index (χ1) is 10.3. The molecule has 1 amide bonds. The molecule has 0 aromatic heterocycles. The summed E-state index contributed by atoms with van der Waals surface area (Å²) in [6.07, 6.45) is 1.08. The average molecular weight is 305 g/mol. The Kier molecular flexibility index (Phi) is 6.60. The van der Waals surface area contributed by atoms with Gasteiger partial charge in [0.2, 0.25) is 0 Å². The third kappa shape index (κ3) is 5.17. The van der Waals surface area contributed by atoms with E-state index in [1.165, 1.54) is 12.7 Å². The summed E-state index contributed by atoms with van der Waals surface area (Å²) in [5.74, 6) is -0.330. The fourth-order valence-corrected chi connectivity index (χ4v) is 2.21. The molecule has 4 nitrogen and oxygen atoms in total. The van der Waals surface area contributed by atoms with Crippen molar-refractivity contribution in [1.82, 2.24) is 4.90 Å². The quantitative estimate of drug-likeness (QED) is 0.757. The third-order valence-corrected chi connectivity index (χ3v) is 3.59. The molecule has 0 spiro atoms. The van der Waals surface area contributed by atoms with Crippen LogP contribution in [0.25, 0.3) is 0 Å². The minimum atomic E-state index is -0.294. The van der Waals surface area contributed by atoms with E-state index in [9.17, 15) is 9.59 Å². The van der Waals surface area contributed by atoms with Crippen LogP contribution in [0, 0.1) is 0 Å². The number of ether oxygens (including phenoxy) is 1. The highest BCUT2D eigenvalue weighted by molar-refractivity contribution is 5.94. The van der Waals surface area contributed by atoms with Crippen LogP contribution < -0.4 is 0 Å². The van der Waals surface area contributed by atoms with Crippen molar-refractivity contribution in [2.24, 2.45) is 0 Å². The molecular formula is C18H27NO3. The van der Waals surface area contributed by atoms with E-state index in [4.69, 9.17) is 0 Å². The number of carbonyl (C=O) groups excluding carboxylic acids is 2. The normalized spacial score (nSPS) is 11.1. The number of amides is 1. The van der Waals surface area contributed by atoms with Crippen LogP contribution in [0.15, 0.2) is 24.3 Å². The molecule has 0 unspecified atom stereocenters. The Balaban J connectivity index is 2.82. The van der Waals surface area contributed by atoms with Crippen molar-refractivity contribution < 1.29 is 14.3 Å². The Morgan fingerprint density at radius 3 is 2.14 bits per heavy atom. The van der Waals surface area contributed by atoms with E-state index in [0.717, 1.165) is 6.42 Å². The summed E-state index contributed by atoms with van der Waals surface area (Å²) < 4.78 is 4.64. The zero-order valence-corrected chi connectivity index (χ0v) is 14.3. The largest absolute Gasteiger partial charge is 0.469 e. The molecule has 1 aromatic rings. The average Bonchev–Trinajstić information content (AvgIpc) is 2.49. The van der Waals surface area contributed by atoms with Crippen molar-refractivity contribution in [3.8, 4) is 0 Å². The Morgan fingerprint density at radius 1 is 1.09 bits per heavy atom. The highest BCUT2D eigenvalue weighted by Crippen LogP contribution is 2.22.